The number of likely N-dealkylation sites (tertiary alicyclic amines) is 1. The quantitative estimate of drug-likeness (QED) is 0.841. The van der Waals surface area contributed by atoms with Crippen LogP contribution in [0, 0.1) is 11.7 Å². The molecule has 112 valence electrons. The summed E-state index contributed by atoms with van der Waals surface area (Å²) in [6.45, 7) is 6.76. The van der Waals surface area contributed by atoms with Crippen molar-refractivity contribution in [3.63, 3.8) is 0 Å². The first-order valence-corrected chi connectivity index (χ1v) is 7.99. The van der Waals surface area contributed by atoms with E-state index in [1.54, 1.807) is 12.1 Å². The molecule has 0 aliphatic carbocycles. The second kappa shape index (κ2) is 8.25. The maximum absolute atomic E-state index is 12.8. The van der Waals surface area contributed by atoms with Crippen LogP contribution < -0.4 is 5.32 Å². The van der Waals surface area contributed by atoms with E-state index in [4.69, 9.17) is 0 Å². The zero-order valence-electron chi connectivity index (χ0n) is 12.6. The lowest BCUT2D eigenvalue weighted by Crippen LogP contribution is -2.30. The summed E-state index contributed by atoms with van der Waals surface area (Å²) in [5, 5.41) is 3.37. The molecule has 1 atom stereocenters. The predicted molar refractivity (Wildman–Crippen MR) is 83.6 cm³/mol. The molecule has 1 aliphatic rings. The summed E-state index contributed by atoms with van der Waals surface area (Å²) < 4.78 is 12.8. The van der Waals surface area contributed by atoms with Crippen molar-refractivity contribution in [1.29, 1.82) is 0 Å². The predicted octanol–water partition coefficient (Wildman–Crippen LogP) is 4.14. The minimum absolute atomic E-state index is 0.176. The Kier molecular flexibility index (Phi) is 6.31. The van der Waals surface area contributed by atoms with Crippen LogP contribution >= 0.6 is 0 Å². The number of benzene rings is 1. The molecule has 0 saturated carbocycles. The zero-order valence-corrected chi connectivity index (χ0v) is 12.6. The van der Waals surface area contributed by atoms with Gasteiger partial charge in [-0.05, 0) is 62.5 Å². The molecule has 1 aromatic carbocycles. The average Bonchev–Trinajstić information content (AvgIpc) is 2.67. The third-order valence-electron chi connectivity index (χ3n) is 4.24. The Balaban J connectivity index is 1.67. The van der Waals surface area contributed by atoms with Crippen LogP contribution in [0.2, 0.25) is 0 Å². The van der Waals surface area contributed by atoms with E-state index in [0.717, 1.165) is 24.7 Å². The SMILES string of the molecule is CCCC1CCCN(CCNc2ccc(F)cc2)CC1. The molecule has 20 heavy (non-hydrogen) atoms. The highest BCUT2D eigenvalue weighted by atomic mass is 19.1. The molecule has 1 unspecified atom stereocenters. The Morgan fingerprint density at radius 1 is 1.20 bits per heavy atom. The van der Waals surface area contributed by atoms with Gasteiger partial charge in [-0.15, -0.1) is 0 Å². The summed E-state index contributed by atoms with van der Waals surface area (Å²) in [6.07, 6.45) is 6.79. The largest absolute Gasteiger partial charge is 0.384 e. The molecule has 1 heterocycles. The van der Waals surface area contributed by atoms with Gasteiger partial charge >= 0.3 is 0 Å². The minimum Gasteiger partial charge on any atom is -0.384 e. The Bertz CT molecular complexity index is 377. The second-order valence-electron chi connectivity index (χ2n) is 5.86. The van der Waals surface area contributed by atoms with Gasteiger partial charge in [-0.1, -0.05) is 19.8 Å². The Labute approximate surface area is 122 Å². The topological polar surface area (TPSA) is 15.3 Å². The minimum atomic E-state index is -0.176. The average molecular weight is 278 g/mol. The summed E-state index contributed by atoms with van der Waals surface area (Å²) in [5.74, 6) is 0.764. The van der Waals surface area contributed by atoms with E-state index in [2.05, 4.69) is 17.1 Å². The van der Waals surface area contributed by atoms with Gasteiger partial charge in [-0.2, -0.15) is 0 Å². The maximum Gasteiger partial charge on any atom is 0.123 e. The van der Waals surface area contributed by atoms with Crippen molar-refractivity contribution in [2.45, 2.75) is 39.0 Å². The molecule has 1 fully saturated rings. The van der Waals surface area contributed by atoms with Crippen LogP contribution in [0.4, 0.5) is 10.1 Å². The van der Waals surface area contributed by atoms with Gasteiger partial charge in [0.05, 0.1) is 0 Å². The molecule has 0 bridgehead atoms. The molecule has 3 heteroatoms. The molecular formula is C17H27FN2. The van der Waals surface area contributed by atoms with Crippen LogP contribution in [0.15, 0.2) is 24.3 Å². The summed E-state index contributed by atoms with van der Waals surface area (Å²) in [4.78, 5) is 2.56. The van der Waals surface area contributed by atoms with Crippen LogP contribution in [0.5, 0.6) is 0 Å². The summed E-state index contributed by atoms with van der Waals surface area (Å²) in [5.41, 5.74) is 1.00. The smallest absolute Gasteiger partial charge is 0.123 e. The van der Waals surface area contributed by atoms with E-state index in [1.165, 1.54) is 57.3 Å². The normalized spacial score (nSPS) is 20.6. The van der Waals surface area contributed by atoms with Gasteiger partial charge in [-0.25, -0.2) is 4.39 Å². The highest BCUT2D eigenvalue weighted by Crippen LogP contribution is 2.21. The van der Waals surface area contributed by atoms with Gasteiger partial charge < -0.3 is 10.2 Å². The van der Waals surface area contributed by atoms with Crippen molar-refractivity contribution in [2.75, 3.05) is 31.5 Å². The number of rotatable bonds is 6. The number of hydrogen-bond donors (Lipinski definition) is 1. The fourth-order valence-corrected chi connectivity index (χ4v) is 3.07. The van der Waals surface area contributed by atoms with Crippen molar-refractivity contribution in [3.8, 4) is 0 Å². The Morgan fingerprint density at radius 3 is 2.75 bits per heavy atom. The molecule has 0 spiro atoms. The molecule has 1 aromatic rings. The molecule has 2 rings (SSSR count). The van der Waals surface area contributed by atoms with Crippen LogP contribution in [0.25, 0.3) is 0 Å². The number of halogens is 1. The van der Waals surface area contributed by atoms with Gasteiger partial charge in [0, 0.05) is 18.8 Å². The maximum atomic E-state index is 12.8. The van der Waals surface area contributed by atoms with Crippen molar-refractivity contribution >= 4 is 5.69 Å². The fourth-order valence-electron chi connectivity index (χ4n) is 3.07. The van der Waals surface area contributed by atoms with E-state index in [0.29, 0.717) is 0 Å². The number of anilines is 1. The van der Waals surface area contributed by atoms with E-state index in [-0.39, 0.29) is 5.82 Å². The first kappa shape index (κ1) is 15.3. The molecule has 0 amide bonds. The zero-order chi connectivity index (χ0) is 14.2. The van der Waals surface area contributed by atoms with Crippen LogP contribution in [0.1, 0.15) is 39.0 Å². The van der Waals surface area contributed by atoms with E-state index in [1.807, 2.05) is 0 Å². The number of hydrogen-bond acceptors (Lipinski definition) is 2. The van der Waals surface area contributed by atoms with Crippen LogP contribution in [0.3, 0.4) is 0 Å². The standard InChI is InChI=1S/C17H27FN2/c1-2-4-15-5-3-12-20(13-10-15)14-11-19-17-8-6-16(18)7-9-17/h6-9,15,19H,2-5,10-14H2,1H3. The molecule has 0 radical (unpaired) electrons. The highest BCUT2D eigenvalue weighted by molar-refractivity contribution is 5.42. The first-order valence-electron chi connectivity index (χ1n) is 7.99. The summed E-state index contributed by atoms with van der Waals surface area (Å²) >= 11 is 0. The van der Waals surface area contributed by atoms with Gasteiger partial charge in [0.2, 0.25) is 0 Å². The third kappa shape index (κ3) is 5.12. The van der Waals surface area contributed by atoms with Gasteiger partial charge in [0.25, 0.3) is 0 Å². The number of nitrogens with zero attached hydrogens (tertiary/aromatic N) is 1. The fraction of sp³-hybridized carbons (Fsp3) is 0.647. The van der Waals surface area contributed by atoms with Crippen molar-refractivity contribution in [2.24, 2.45) is 5.92 Å². The Morgan fingerprint density at radius 2 is 2.00 bits per heavy atom. The van der Waals surface area contributed by atoms with Crippen LogP contribution in [-0.2, 0) is 0 Å². The van der Waals surface area contributed by atoms with Crippen molar-refractivity contribution < 1.29 is 4.39 Å². The van der Waals surface area contributed by atoms with Gasteiger partial charge in [0.15, 0.2) is 0 Å². The molecule has 1 N–H and O–H groups in total. The summed E-state index contributed by atoms with van der Waals surface area (Å²) in [6, 6.07) is 6.61. The van der Waals surface area contributed by atoms with Crippen LogP contribution in [-0.4, -0.2) is 31.1 Å². The second-order valence-corrected chi connectivity index (χ2v) is 5.86. The molecule has 2 nitrogen and oxygen atoms in total. The molecular weight excluding hydrogens is 251 g/mol. The molecule has 0 aromatic heterocycles. The van der Waals surface area contributed by atoms with E-state index < -0.39 is 0 Å². The molecule has 1 aliphatic heterocycles. The van der Waals surface area contributed by atoms with Gasteiger partial charge in [0.1, 0.15) is 5.82 Å². The summed E-state index contributed by atoms with van der Waals surface area (Å²) in [7, 11) is 0. The first-order chi connectivity index (χ1) is 9.78. The highest BCUT2D eigenvalue weighted by Gasteiger charge is 2.15. The number of nitrogens with one attached hydrogen (secondary N) is 1. The lowest BCUT2D eigenvalue weighted by Gasteiger charge is -2.20. The van der Waals surface area contributed by atoms with Crippen molar-refractivity contribution in [1.82, 2.24) is 4.90 Å². The van der Waals surface area contributed by atoms with E-state index >= 15 is 0 Å². The lowest BCUT2D eigenvalue weighted by atomic mass is 9.96. The lowest BCUT2D eigenvalue weighted by molar-refractivity contribution is 0.289. The van der Waals surface area contributed by atoms with Crippen molar-refractivity contribution in [3.05, 3.63) is 30.1 Å². The monoisotopic (exact) mass is 278 g/mol. The van der Waals surface area contributed by atoms with E-state index in [9.17, 15) is 4.39 Å². The molecule has 1 saturated heterocycles. The van der Waals surface area contributed by atoms with Gasteiger partial charge in [-0.3, -0.25) is 0 Å². The third-order valence-corrected chi connectivity index (χ3v) is 4.24. The Hall–Kier alpha value is -1.09.